The van der Waals surface area contributed by atoms with Gasteiger partial charge in [-0.2, -0.15) is 4.31 Å². The summed E-state index contributed by atoms with van der Waals surface area (Å²) in [5, 5.41) is 10.4. The van der Waals surface area contributed by atoms with Crippen molar-refractivity contribution in [1.29, 1.82) is 0 Å². The Morgan fingerprint density at radius 3 is 2.77 bits per heavy atom. The lowest BCUT2D eigenvalue weighted by atomic mass is 9.99. The molecule has 1 aliphatic heterocycles. The van der Waals surface area contributed by atoms with Gasteiger partial charge in [0.05, 0.1) is 21.6 Å². The molecular formula is C19H19ClN4O4S2. The topological polar surface area (TPSA) is 105 Å². The highest BCUT2D eigenvalue weighted by Crippen LogP contribution is 2.26. The van der Waals surface area contributed by atoms with Crippen molar-refractivity contribution >= 4 is 44.9 Å². The minimum atomic E-state index is -3.64. The predicted octanol–water partition coefficient (Wildman–Crippen LogP) is 3.41. The fourth-order valence-corrected chi connectivity index (χ4v) is 5.92. The van der Waals surface area contributed by atoms with Crippen LogP contribution < -0.4 is 5.32 Å². The number of benzene rings is 1. The highest BCUT2D eigenvalue weighted by Gasteiger charge is 2.33. The number of carbonyl (C=O) groups is 1. The quantitative estimate of drug-likeness (QED) is 0.596. The van der Waals surface area contributed by atoms with Crippen molar-refractivity contribution < 1.29 is 17.6 Å². The number of nitrogens with one attached hydrogen (secondary N) is 1. The van der Waals surface area contributed by atoms with E-state index in [1.807, 2.05) is 6.07 Å². The van der Waals surface area contributed by atoms with E-state index in [2.05, 4.69) is 15.5 Å². The van der Waals surface area contributed by atoms with Crippen LogP contribution in [0.3, 0.4) is 0 Å². The minimum absolute atomic E-state index is 0.000642. The van der Waals surface area contributed by atoms with Crippen LogP contribution in [0.1, 0.15) is 23.6 Å². The van der Waals surface area contributed by atoms with Crippen LogP contribution in [0, 0.1) is 5.92 Å². The molecule has 30 heavy (non-hydrogen) atoms. The van der Waals surface area contributed by atoms with Crippen LogP contribution in [0.2, 0.25) is 4.34 Å². The fourth-order valence-electron chi connectivity index (χ4n) is 3.30. The Hall–Kier alpha value is -2.27. The lowest BCUT2D eigenvalue weighted by Gasteiger charge is -2.30. The lowest BCUT2D eigenvalue weighted by Crippen LogP contribution is -2.43. The number of hydrogen-bond donors (Lipinski definition) is 1. The SMILES string of the molecule is O=C(Nc1nnc(Cc2ccc(Cl)s2)o1)C1CCCN(S(=O)(=O)c2ccccc2)C1. The molecule has 0 radical (unpaired) electrons. The standard InChI is InChI=1S/C19H19ClN4O4S2/c20-16-9-8-14(29-16)11-17-22-23-19(28-17)21-18(25)13-5-4-10-24(12-13)30(26,27)15-6-2-1-3-7-15/h1-3,6-9,13H,4-5,10-12H2,(H,21,23,25). The first kappa shape index (κ1) is 21.0. The summed E-state index contributed by atoms with van der Waals surface area (Å²) in [5.74, 6) is -0.471. The molecule has 158 valence electrons. The summed E-state index contributed by atoms with van der Waals surface area (Å²) in [6.45, 7) is 0.493. The maximum Gasteiger partial charge on any atom is 0.322 e. The second-order valence-corrected chi connectivity index (χ2v) is 10.6. The van der Waals surface area contributed by atoms with Gasteiger partial charge in [0.1, 0.15) is 0 Å². The van der Waals surface area contributed by atoms with Gasteiger partial charge in [0.15, 0.2) is 0 Å². The molecule has 1 amide bonds. The predicted molar refractivity (Wildman–Crippen MR) is 113 cm³/mol. The fraction of sp³-hybridized carbons (Fsp3) is 0.316. The zero-order valence-electron chi connectivity index (χ0n) is 15.8. The Bertz CT molecular complexity index is 1130. The van der Waals surface area contributed by atoms with E-state index in [1.54, 1.807) is 36.4 Å². The smallest absolute Gasteiger partial charge is 0.322 e. The van der Waals surface area contributed by atoms with Crippen molar-refractivity contribution in [2.45, 2.75) is 24.2 Å². The zero-order chi connectivity index (χ0) is 21.1. The number of aromatic nitrogens is 2. The molecule has 4 rings (SSSR count). The van der Waals surface area contributed by atoms with Crippen molar-refractivity contribution in [2.24, 2.45) is 5.92 Å². The Morgan fingerprint density at radius 2 is 2.03 bits per heavy atom. The molecule has 1 aromatic carbocycles. The van der Waals surface area contributed by atoms with Gasteiger partial charge in [-0.1, -0.05) is 34.9 Å². The molecule has 11 heteroatoms. The molecule has 8 nitrogen and oxygen atoms in total. The first-order chi connectivity index (χ1) is 14.4. The maximum absolute atomic E-state index is 12.8. The van der Waals surface area contributed by atoms with Gasteiger partial charge in [0.2, 0.25) is 21.8 Å². The van der Waals surface area contributed by atoms with Crippen molar-refractivity contribution in [3.8, 4) is 0 Å². The van der Waals surface area contributed by atoms with Gasteiger partial charge < -0.3 is 4.42 Å². The number of rotatable bonds is 6. The van der Waals surface area contributed by atoms with Gasteiger partial charge in [-0.15, -0.1) is 16.4 Å². The largest absolute Gasteiger partial charge is 0.407 e. The Balaban J connectivity index is 1.39. The number of hydrogen-bond acceptors (Lipinski definition) is 7. The Labute approximate surface area is 182 Å². The second-order valence-electron chi connectivity index (χ2n) is 6.89. The number of halogens is 1. The third-order valence-corrected chi connectivity index (χ3v) is 7.90. The van der Waals surface area contributed by atoms with Crippen LogP contribution in [0.4, 0.5) is 6.01 Å². The highest BCUT2D eigenvalue weighted by atomic mass is 35.5. The first-order valence-electron chi connectivity index (χ1n) is 9.34. The van der Waals surface area contributed by atoms with Gasteiger partial charge in [0, 0.05) is 18.0 Å². The number of nitrogens with zero attached hydrogens (tertiary/aromatic N) is 3. The number of thiophene rings is 1. The van der Waals surface area contributed by atoms with Crippen LogP contribution in [0.25, 0.3) is 0 Å². The van der Waals surface area contributed by atoms with Gasteiger partial charge >= 0.3 is 6.01 Å². The van der Waals surface area contributed by atoms with E-state index in [9.17, 15) is 13.2 Å². The molecule has 2 aromatic heterocycles. The molecule has 3 aromatic rings. The molecule has 3 heterocycles. The normalized spacial score (nSPS) is 17.7. The van der Waals surface area contributed by atoms with Crippen molar-refractivity contribution in [2.75, 3.05) is 18.4 Å². The van der Waals surface area contributed by atoms with Gasteiger partial charge in [-0.25, -0.2) is 8.42 Å². The molecule has 0 spiro atoms. The van der Waals surface area contributed by atoms with E-state index in [0.29, 0.717) is 36.0 Å². The molecule has 0 bridgehead atoms. The third kappa shape index (κ3) is 4.72. The molecule has 1 unspecified atom stereocenters. The van der Waals surface area contributed by atoms with E-state index in [-0.39, 0.29) is 23.4 Å². The Kier molecular flexibility index (Phi) is 6.19. The summed E-state index contributed by atoms with van der Waals surface area (Å²) in [5.41, 5.74) is 0. The lowest BCUT2D eigenvalue weighted by molar-refractivity contribution is -0.121. The molecule has 1 N–H and O–H groups in total. The van der Waals surface area contributed by atoms with Crippen LogP contribution >= 0.6 is 22.9 Å². The monoisotopic (exact) mass is 466 g/mol. The summed E-state index contributed by atoms with van der Waals surface area (Å²) < 4.78 is 33.2. The average Bonchev–Trinajstić information content (AvgIpc) is 3.37. The highest BCUT2D eigenvalue weighted by molar-refractivity contribution is 7.89. The molecule has 1 saturated heterocycles. The van der Waals surface area contributed by atoms with E-state index < -0.39 is 15.9 Å². The average molecular weight is 467 g/mol. The van der Waals surface area contributed by atoms with E-state index in [1.165, 1.54) is 15.6 Å². The van der Waals surface area contributed by atoms with E-state index in [4.69, 9.17) is 16.0 Å². The number of amides is 1. The molecule has 0 aliphatic carbocycles. The summed E-state index contributed by atoms with van der Waals surface area (Å²) in [4.78, 5) is 13.9. The molecule has 1 fully saturated rings. The third-order valence-electron chi connectivity index (χ3n) is 4.79. The maximum atomic E-state index is 12.8. The number of sulfonamides is 1. The summed E-state index contributed by atoms with van der Waals surface area (Å²) in [7, 11) is -3.64. The summed E-state index contributed by atoms with van der Waals surface area (Å²) in [6.07, 6.45) is 1.60. The van der Waals surface area contributed by atoms with Gasteiger partial charge in [-0.3, -0.25) is 10.1 Å². The van der Waals surface area contributed by atoms with E-state index in [0.717, 1.165) is 4.88 Å². The van der Waals surface area contributed by atoms with E-state index >= 15 is 0 Å². The molecule has 1 aliphatic rings. The van der Waals surface area contributed by atoms with Gasteiger partial charge in [-0.05, 0) is 37.1 Å². The number of carbonyl (C=O) groups excluding carboxylic acids is 1. The van der Waals surface area contributed by atoms with Crippen molar-refractivity contribution in [3.05, 3.63) is 57.6 Å². The second kappa shape index (κ2) is 8.84. The Morgan fingerprint density at radius 1 is 1.23 bits per heavy atom. The van der Waals surface area contributed by atoms with Crippen LogP contribution in [-0.4, -0.2) is 41.9 Å². The molecule has 0 saturated carbocycles. The van der Waals surface area contributed by atoms with Crippen LogP contribution in [0.15, 0.2) is 51.8 Å². The van der Waals surface area contributed by atoms with Crippen molar-refractivity contribution in [3.63, 3.8) is 0 Å². The van der Waals surface area contributed by atoms with Crippen LogP contribution in [0.5, 0.6) is 0 Å². The van der Waals surface area contributed by atoms with Crippen LogP contribution in [-0.2, 0) is 21.2 Å². The number of piperidine rings is 1. The summed E-state index contributed by atoms with van der Waals surface area (Å²) >= 11 is 7.33. The zero-order valence-corrected chi connectivity index (χ0v) is 18.2. The molecule has 1 atom stereocenters. The van der Waals surface area contributed by atoms with Gasteiger partial charge in [0.25, 0.3) is 0 Å². The first-order valence-corrected chi connectivity index (χ1v) is 12.0. The minimum Gasteiger partial charge on any atom is -0.407 e. The summed E-state index contributed by atoms with van der Waals surface area (Å²) in [6, 6.07) is 11.9. The number of anilines is 1. The molecular weight excluding hydrogens is 448 g/mol. The van der Waals surface area contributed by atoms with Crippen molar-refractivity contribution in [1.82, 2.24) is 14.5 Å².